The molecule has 0 aliphatic heterocycles. The molecule has 0 fully saturated rings. The predicted molar refractivity (Wildman–Crippen MR) is 134 cm³/mol. The summed E-state index contributed by atoms with van der Waals surface area (Å²) >= 11 is 5.92. The zero-order chi connectivity index (χ0) is 23.4. The quantitative estimate of drug-likeness (QED) is 0.379. The third kappa shape index (κ3) is 6.21. The fourth-order valence-corrected chi connectivity index (χ4v) is 4.23. The number of hydrogen-bond donors (Lipinski definition) is 3. The van der Waals surface area contributed by atoms with Crippen LogP contribution < -0.4 is 14.8 Å². The van der Waals surface area contributed by atoms with Crippen molar-refractivity contribution in [3.05, 3.63) is 87.9 Å². The lowest BCUT2D eigenvalue weighted by Gasteiger charge is -2.27. The molecule has 2 atom stereocenters. The Labute approximate surface area is 209 Å². The average Bonchev–Trinajstić information content (AvgIpc) is 2.82. The second kappa shape index (κ2) is 11.6. The van der Waals surface area contributed by atoms with E-state index in [-0.39, 0.29) is 29.8 Å². The van der Waals surface area contributed by atoms with Crippen LogP contribution in [0.25, 0.3) is 0 Å². The highest BCUT2D eigenvalue weighted by molar-refractivity contribution is 6.30. The van der Waals surface area contributed by atoms with Crippen LogP contribution in [0.2, 0.25) is 5.02 Å². The SMILES string of the molecule is COc1ccc(Oc2ccc3c(c2)C[C@@H](NC[C@@H](O)c2ccc(Cl)cc2)CC3)cc1C(=O)O.Cl. The Balaban J connectivity index is 0.00000324. The van der Waals surface area contributed by atoms with Crippen molar-refractivity contribution < 1.29 is 24.5 Å². The number of benzene rings is 3. The topological polar surface area (TPSA) is 88.0 Å². The van der Waals surface area contributed by atoms with Crippen molar-refractivity contribution >= 4 is 30.0 Å². The molecule has 0 saturated carbocycles. The van der Waals surface area contributed by atoms with Gasteiger partial charge in [-0.2, -0.15) is 0 Å². The van der Waals surface area contributed by atoms with Crippen molar-refractivity contribution in [3.8, 4) is 17.2 Å². The van der Waals surface area contributed by atoms with E-state index in [4.69, 9.17) is 21.1 Å². The summed E-state index contributed by atoms with van der Waals surface area (Å²) in [5.41, 5.74) is 3.35. The molecule has 4 rings (SSSR count). The maximum Gasteiger partial charge on any atom is 0.339 e. The number of carboxylic acid groups (broad SMARTS) is 1. The van der Waals surface area contributed by atoms with Crippen molar-refractivity contribution in [1.82, 2.24) is 5.32 Å². The molecule has 3 aromatic carbocycles. The number of halogens is 2. The standard InChI is InChI=1S/C26H26ClNO5.ClH/c1-32-25-11-10-22(14-23(25)26(30)31)33-21-9-5-16-4-8-20(12-18(16)13-21)28-15-24(29)17-2-6-19(27)7-3-17;/h2-3,5-7,9-11,13-14,20,24,28-29H,4,8,12,15H2,1H3,(H,30,31);1H/t20-,24+;/m0./s1. The molecule has 6 nitrogen and oxygen atoms in total. The van der Waals surface area contributed by atoms with Gasteiger partial charge in [-0.15, -0.1) is 12.4 Å². The van der Waals surface area contributed by atoms with Crippen molar-refractivity contribution in [2.24, 2.45) is 0 Å². The van der Waals surface area contributed by atoms with Crippen LogP contribution in [0.15, 0.2) is 60.7 Å². The lowest BCUT2D eigenvalue weighted by Crippen LogP contribution is -2.37. The van der Waals surface area contributed by atoms with Crippen LogP contribution in [-0.4, -0.2) is 35.9 Å². The van der Waals surface area contributed by atoms with Gasteiger partial charge in [0, 0.05) is 17.6 Å². The first-order valence-electron chi connectivity index (χ1n) is 10.8. The summed E-state index contributed by atoms with van der Waals surface area (Å²) in [6, 6.07) is 18.2. The molecule has 8 heteroatoms. The molecular weight excluding hydrogens is 477 g/mol. The summed E-state index contributed by atoms with van der Waals surface area (Å²) < 4.78 is 11.0. The Morgan fingerprint density at radius 1 is 1.09 bits per heavy atom. The van der Waals surface area contributed by atoms with Gasteiger partial charge < -0.3 is 25.0 Å². The highest BCUT2D eigenvalue weighted by atomic mass is 35.5. The third-order valence-electron chi connectivity index (χ3n) is 5.90. The molecule has 0 unspecified atom stereocenters. The molecule has 1 aliphatic rings. The van der Waals surface area contributed by atoms with Crippen molar-refractivity contribution in [1.29, 1.82) is 0 Å². The number of aryl methyl sites for hydroxylation is 1. The molecule has 0 heterocycles. The van der Waals surface area contributed by atoms with Crippen LogP contribution in [0.5, 0.6) is 17.2 Å². The summed E-state index contributed by atoms with van der Waals surface area (Å²) in [6.45, 7) is 0.460. The number of hydrogen-bond acceptors (Lipinski definition) is 5. The number of rotatable bonds is 8. The summed E-state index contributed by atoms with van der Waals surface area (Å²) in [5.74, 6) is 0.300. The number of carboxylic acids is 1. The molecule has 3 N–H and O–H groups in total. The normalized spacial score (nSPS) is 15.6. The minimum Gasteiger partial charge on any atom is -0.496 e. The van der Waals surface area contributed by atoms with E-state index in [0.717, 1.165) is 24.8 Å². The fourth-order valence-electron chi connectivity index (χ4n) is 4.11. The summed E-state index contributed by atoms with van der Waals surface area (Å²) in [6.07, 6.45) is 2.15. The second-order valence-corrected chi connectivity index (χ2v) is 8.55. The van der Waals surface area contributed by atoms with E-state index in [9.17, 15) is 15.0 Å². The van der Waals surface area contributed by atoms with Gasteiger partial charge in [0.25, 0.3) is 0 Å². The zero-order valence-corrected chi connectivity index (χ0v) is 20.2. The molecule has 0 radical (unpaired) electrons. The summed E-state index contributed by atoms with van der Waals surface area (Å²) in [4.78, 5) is 11.5. The van der Waals surface area contributed by atoms with Gasteiger partial charge in [0.1, 0.15) is 22.8 Å². The first kappa shape index (κ1) is 25.8. The van der Waals surface area contributed by atoms with E-state index in [1.54, 1.807) is 24.3 Å². The van der Waals surface area contributed by atoms with Gasteiger partial charge in [0.05, 0.1) is 13.2 Å². The van der Waals surface area contributed by atoms with E-state index >= 15 is 0 Å². The van der Waals surface area contributed by atoms with Crippen LogP contribution in [0, 0.1) is 0 Å². The second-order valence-electron chi connectivity index (χ2n) is 8.12. The van der Waals surface area contributed by atoms with Gasteiger partial charge >= 0.3 is 5.97 Å². The van der Waals surface area contributed by atoms with Gasteiger partial charge in [0.2, 0.25) is 0 Å². The van der Waals surface area contributed by atoms with Crippen LogP contribution in [0.4, 0.5) is 0 Å². The van der Waals surface area contributed by atoms with Crippen molar-refractivity contribution in [2.45, 2.75) is 31.4 Å². The Morgan fingerprint density at radius 2 is 1.79 bits per heavy atom. The van der Waals surface area contributed by atoms with Gasteiger partial charge in [-0.05, 0) is 78.4 Å². The van der Waals surface area contributed by atoms with Gasteiger partial charge in [0.15, 0.2) is 0 Å². The molecule has 3 aromatic rings. The molecule has 34 heavy (non-hydrogen) atoms. The third-order valence-corrected chi connectivity index (χ3v) is 6.15. The summed E-state index contributed by atoms with van der Waals surface area (Å²) in [5, 5.41) is 24.0. The lowest BCUT2D eigenvalue weighted by molar-refractivity contribution is 0.0693. The van der Waals surface area contributed by atoms with Gasteiger partial charge in [-0.1, -0.05) is 29.8 Å². The number of methoxy groups -OCH3 is 1. The first-order valence-corrected chi connectivity index (χ1v) is 11.2. The van der Waals surface area contributed by atoms with E-state index in [2.05, 4.69) is 11.4 Å². The van der Waals surface area contributed by atoms with E-state index < -0.39 is 12.1 Å². The van der Waals surface area contributed by atoms with Crippen LogP contribution >= 0.6 is 24.0 Å². The van der Waals surface area contributed by atoms with Crippen LogP contribution in [-0.2, 0) is 12.8 Å². The smallest absolute Gasteiger partial charge is 0.339 e. The average molecular weight is 504 g/mol. The predicted octanol–water partition coefficient (Wildman–Crippen LogP) is 5.44. The lowest BCUT2D eigenvalue weighted by atomic mass is 9.88. The number of carbonyl (C=O) groups is 1. The van der Waals surface area contributed by atoms with E-state index in [1.807, 2.05) is 24.3 Å². The first-order chi connectivity index (χ1) is 15.9. The van der Waals surface area contributed by atoms with E-state index in [1.165, 1.54) is 24.3 Å². The number of ether oxygens (including phenoxy) is 2. The highest BCUT2D eigenvalue weighted by Gasteiger charge is 2.20. The Morgan fingerprint density at radius 3 is 2.50 bits per heavy atom. The molecule has 0 amide bonds. The molecule has 1 aliphatic carbocycles. The molecule has 0 saturated heterocycles. The number of nitrogens with one attached hydrogen (secondary N) is 1. The molecule has 0 bridgehead atoms. The zero-order valence-electron chi connectivity index (χ0n) is 18.7. The largest absolute Gasteiger partial charge is 0.496 e. The van der Waals surface area contributed by atoms with Crippen LogP contribution in [0.1, 0.15) is 39.6 Å². The maximum absolute atomic E-state index is 11.5. The minimum absolute atomic E-state index is 0. The van der Waals surface area contributed by atoms with E-state index in [0.29, 0.717) is 23.1 Å². The van der Waals surface area contributed by atoms with Gasteiger partial charge in [-0.25, -0.2) is 4.79 Å². The Kier molecular flexibility index (Phi) is 8.80. The van der Waals surface area contributed by atoms with Crippen molar-refractivity contribution in [2.75, 3.05) is 13.7 Å². The van der Waals surface area contributed by atoms with Crippen LogP contribution in [0.3, 0.4) is 0 Å². The number of aliphatic hydroxyl groups excluding tert-OH is 1. The highest BCUT2D eigenvalue weighted by Crippen LogP contribution is 2.31. The monoisotopic (exact) mass is 503 g/mol. The molecule has 0 aromatic heterocycles. The van der Waals surface area contributed by atoms with Gasteiger partial charge in [-0.3, -0.25) is 0 Å². The Hall–Kier alpha value is -2.77. The molecule has 180 valence electrons. The fraction of sp³-hybridized carbons (Fsp3) is 0.269. The summed E-state index contributed by atoms with van der Waals surface area (Å²) in [7, 11) is 1.44. The molecule has 0 spiro atoms. The number of aliphatic hydroxyl groups is 1. The minimum atomic E-state index is -1.07. The number of aromatic carboxylic acids is 1. The Bertz CT molecular complexity index is 1140. The molecular formula is C26H27Cl2NO5. The van der Waals surface area contributed by atoms with Crippen molar-refractivity contribution in [3.63, 3.8) is 0 Å². The maximum atomic E-state index is 11.5. The number of fused-ring (bicyclic) bond motifs is 1.